The molecule has 0 bridgehead atoms. The molecule has 0 saturated heterocycles. The number of aryl methyl sites for hydroxylation is 1. The van der Waals surface area contributed by atoms with Gasteiger partial charge in [-0.1, -0.05) is 35.9 Å². The molecule has 1 atom stereocenters. The molecule has 6 nitrogen and oxygen atoms in total. The van der Waals surface area contributed by atoms with E-state index in [2.05, 4.69) is 10.6 Å². The van der Waals surface area contributed by atoms with Gasteiger partial charge in [0.2, 0.25) is 18.6 Å². The standard InChI is InChI=1S/C20H22N2O4/c1-13-3-6-16(7-4-13)17(22-14(2)23)10-20(24)21-11-15-5-8-18-19(9-15)26-12-25-18/h3-9,17H,10-12H2,1-2H3,(H,21,24)(H,22,23). The maximum atomic E-state index is 12.4. The number of fused-ring (bicyclic) bond motifs is 1. The van der Waals surface area contributed by atoms with Crippen LogP contribution >= 0.6 is 0 Å². The Balaban J connectivity index is 1.60. The highest BCUT2D eigenvalue weighted by Gasteiger charge is 2.18. The number of hydrogen-bond acceptors (Lipinski definition) is 4. The van der Waals surface area contributed by atoms with Crippen LogP contribution in [0.25, 0.3) is 0 Å². The fourth-order valence-electron chi connectivity index (χ4n) is 2.81. The average Bonchev–Trinajstić information content (AvgIpc) is 3.07. The zero-order valence-corrected chi connectivity index (χ0v) is 14.9. The lowest BCUT2D eigenvalue weighted by molar-refractivity contribution is -0.122. The van der Waals surface area contributed by atoms with Crippen LogP contribution in [0, 0.1) is 6.92 Å². The van der Waals surface area contributed by atoms with E-state index < -0.39 is 0 Å². The predicted molar refractivity (Wildman–Crippen MR) is 96.8 cm³/mol. The van der Waals surface area contributed by atoms with Gasteiger partial charge in [-0.05, 0) is 30.2 Å². The van der Waals surface area contributed by atoms with Gasteiger partial charge in [-0.15, -0.1) is 0 Å². The first-order valence-electron chi connectivity index (χ1n) is 8.50. The van der Waals surface area contributed by atoms with E-state index in [0.29, 0.717) is 18.0 Å². The van der Waals surface area contributed by atoms with Crippen LogP contribution in [0.4, 0.5) is 0 Å². The molecule has 26 heavy (non-hydrogen) atoms. The minimum Gasteiger partial charge on any atom is -0.454 e. The monoisotopic (exact) mass is 354 g/mol. The van der Waals surface area contributed by atoms with Crippen LogP contribution in [-0.4, -0.2) is 18.6 Å². The second kappa shape index (κ2) is 7.91. The van der Waals surface area contributed by atoms with E-state index in [0.717, 1.165) is 16.7 Å². The van der Waals surface area contributed by atoms with Crippen molar-refractivity contribution in [2.75, 3.05) is 6.79 Å². The Morgan fingerprint density at radius 3 is 2.54 bits per heavy atom. The summed E-state index contributed by atoms with van der Waals surface area (Å²) in [5.74, 6) is 1.10. The third-order valence-electron chi connectivity index (χ3n) is 4.17. The SMILES string of the molecule is CC(=O)NC(CC(=O)NCc1ccc2c(c1)OCO2)c1ccc(C)cc1. The summed E-state index contributed by atoms with van der Waals surface area (Å²) < 4.78 is 10.6. The van der Waals surface area contributed by atoms with Crippen molar-refractivity contribution < 1.29 is 19.1 Å². The van der Waals surface area contributed by atoms with Crippen LogP contribution in [0.2, 0.25) is 0 Å². The van der Waals surface area contributed by atoms with E-state index in [-0.39, 0.29) is 31.1 Å². The van der Waals surface area contributed by atoms with Crippen molar-refractivity contribution >= 4 is 11.8 Å². The second-order valence-electron chi connectivity index (χ2n) is 6.33. The molecule has 2 aromatic carbocycles. The molecule has 1 aliphatic rings. The maximum absolute atomic E-state index is 12.4. The van der Waals surface area contributed by atoms with Gasteiger partial charge in [-0.2, -0.15) is 0 Å². The number of nitrogens with one attached hydrogen (secondary N) is 2. The molecule has 1 unspecified atom stereocenters. The van der Waals surface area contributed by atoms with E-state index >= 15 is 0 Å². The molecular formula is C20H22N2O4. The molecule has 0 radical (unpaired) electrons. The first-order chi connectivity index (χ1) is 12.5. The lowest BCUT2D eigenvalue weighted by atomic mass is 10.0. The molecule has 1 aliphatic heterocycles. The largest absolute Gasteiger partial charge is 0.454 e. The number of rotatable bonds is 6. The summed E-state index contributed by atoms with van der Waals surface area (Å²) in [7, 11) is 0. The summed E-state index contributed by atoms with van der Waals surface area (Å²) in [4.78, 5) is 23.9. The third kappa shape index (κ3) is 4.53. The summed E-state index contributed by atoms with van der Waals surface area (Å²) in [6.45, 7) is 4.05. The molecule has 1 heterocycles. The Morgan fingerprint density at radius 1 is 1.08 bits per heavy atom. The summed E-state index contributed by atoms with van der Waals surface area (Å²) in [6, 6.07) is 13.0. The van der Waals surface area contributed by atoms with Crippen molar-refractivity contribution in [3.8, 4) is 11.5 Å². The summed E-state index contributed by atoms with van der Waals surface area (Å²) in [5.41, 5.74) is 2.96. The zero-order valence-electron chi connectivity index (χ0n) is 14.9. The molecule has 136 valence electrons. The topological polar surface area (TPSA) is 76.7 Å². The van der Waals surface area contributed by atoms with Gasteiger partial charge in [0.15, 0.2) is 11.5 Å². The fraction of sp³-hybridized carbons (Fsp3) is 0.300. The average molecular weight is 354 g/mol. The molecule has 0 aliphatic carbocycles. The fourth-order valence-corrected chi connectivity index (χ4v) is 2.81. The molecule has 0 fully saturated rings. The molecule has 2 aromatic rings. The summed E-state index contributed by atoms with van der Waals surface area (Å²) in [6.07, 6.45) is 0.174. The number of amides is 2. The Morgan fingerprint density at radius 2 is 1.81 bits per heavy atom. The van der Waals surface area contributed by atoms with Gasteiger partial charge in [0.25, 0.3) is 0 Å². The number of benzene rings is 2. The lowest BCUT2D eigenvalue weighted by Gasteiger charge is -2.18. The van der Waals surface area contributed by atoms with Crippen molar-refractivity contribution in [3.05, 3.63) is 59.2 Å². The Labute approximate surface area is 152 Å². The van der Waals surface area contributed by atoms with E-state index in [1.807, 2.05) is 49.4 Å². The van der Waals surface area contributed by atoms with Crippen LogP contribution in [0.3, 0.4) is 0 Å². The van der Waals surface area contributed by atoms with E-state index in [1.54, 1.807) is 0 Å². The van der Waals surface area contributed by atoms with Crippen molar-refractivity contribution in [2.24, 2.45) is 0 Å². The van der Waals surface area contributed by atoms with Crippen molar-refractivity contribution in [2.45, 2.75) is 32.9 Å². The highest BCUT2D eigenvalue weighted by molar-refractivity contribution is 5.79. The Bertz CT molecular complexity index is 802. The molecule has 2 N–H and O–H groups in total. The van der Waals surface area contributed by atoms with Crippen LogP contribution in [0.5, 0.6) is 11.5 Å². The molecule has 0 saturated carbocycles. The zero-order chi connectivity index (χ0) is 18.5. The van der Waals surface area contributed by atoms with E-state index in [9.17, 15) is 9.59 Å². The van der Waals surface area contributed by atoms with Gasteiger partial charge < -0.3 is 20.1 Å². The van der Waals surface area contributed by atoms with Crippen molar-refractivity contribution in [1.82, 2.24) is 10.6 Å². The van der Waals surface area contributed by atoms with Gasteiger partial charge in [-0.3, -0.25) is 9.59 Å². The minimum absolute atomic E-state index is 0.137. The Hall–Kier alpha value is -3.02. The predicted octanol–water partition coefficient (Wildman–Crippen LogP) is 2.61. The third-order valence-corrected chi connectivity index (χ3v) is 4.17. The summed E-state index contributed by atoms with van der Waals surface area (Å²) in [5, 5.41) is 5.73. The van der Waals surface area contributed by atoms with E-state index in [4.69, 9.17) is 9.47 Å². The number of ether oxygens (including phenoxy) is 2. The second-order valence-corrected chi connectivity index (χ2v) is 6.33. The molecule has 6 heteroatoms. The summed E-state index contributed by atoms with van der Waals surface area (Å²) >= 11 is 0. The number of hydrogen-bond donors (Lipinski definition) is 2. The molecular weight excluding hydrogens is 332 g/mol. The quantitative estimate of drug-likeness (QED) is 0.836. The smallest absolute Gasteiger partial charge is 0.231 e. The highest BCUT2D eigenvalue weighted by Crippen LogP contribution is 2.32. The number of carbonyl (C=O) groups excluding carboxylic acids is 2. The molecule has 0 aromatic heterocycles. The van der Waals surface area contributed by atoms with Crippen LogP contribution in [0.1, 0.15) is 36.1 Å². The van der Waals surface area contributed by atoms with Crippen molar-refractivity contribution in [1.29, 1.82) is 0 Å². The normalized spacial score (nSPS) is 13.2. The molecule has 3 rings (SSSR count). The number of carbonyl (C=O) groups is 2. The maximum Gasteiger partial charge on any atom is 0.231 e. The van der Waals surface area contributed by atoms with Gasteiger partial charge in [0.1, 0.15) is 0 Å². The Kier molecular flexibility index (Phi) is 5.41. The van der Waals surface area contributed by atoms with Gasteiger partial charge >= 0.3 is 0 Å². The molecule has 0 spiro atoms. The van der Waals surface area contributed by atoms with Crippen LogP contribution in [0.15, 0.2) is 42.5 Å². The van der Waals surface area contributed by atoms with E-state index in [1.165, 1.54) is 6.92 Å². The highest BCUT2D eigenvalue weighted by atomic mass is 16.7. The first kappa shape index (κ1) is 17.8. The lowest BCUT2D eigenvalue weighted by Crippen LogP contribution is -2.32. The van der Waals surface area contributed by atoms with Crippen LogP contribution in [-0.2, 0) is 16.1 Å². The van der Waals surface area contributed by atoms with Crippen LogP contribution < -0.4 is 20.1 Å². The van der Waals surface area contributed by atoms with Gasteiger partial charge in [0.05, 0.1) is 12.5 Å². The minimum atomic E-state index is -0.357. The van der Waals surface area contributed by atoms with Gasteiger partial charge in [-0.25, -0.2) is 0 Å². The van der Waals surface area contributed by atoms with Gasteiger partial charge in [0, 0.05) is 13.5 Å². The first-order valence-corrected chi connectivity index (χ1v) is 8.50. The molecule has 2 amide bonds. The van der Waals surface area contributed by atoms with Crippen molar-refractivity contribution in [3.63, 3.8) is 0 Å².